The Morgan fingerprint density at radius 1 is 1.09 bits per heavy atom. The van der Waals surface area contributed by atoms with Crippen LogP contribution in [0.1, 0.15) is 25.3 Å². The predicted octanol–water partition coefficient (Wildman–Crippen LogP) is 3.12. The number of halogens is 6. The molecular weight excluding hydrogens is 466 g/mol. The monoisotopic (exact) mass is 490 g/mol. The van der Waals surface area contributed by atoms with Crippen LogP contribution in [-0.4, -0.2) is 82.3 Å². The molecule has 3 unspecified atom stereocenters. The summed E-state index contributed by atoms with van der Waals surface area (Å²) in [5, 5.41) is 14.2. The van der Waals surface area contributed by atoms with Crippen LogP contribution in [0, 0.1) is 0 Å². The van der Waals surface area contributed by atoms with E-state index in [-0.39, 0.29) is 12.2 Å². The third kappa shape index (κ3) is 9.92. The number of ether oxygens (including phenoxy) is 2. The fourth-order valence-electron chi connectivity index (χ4n) is 3.25. The highest BCUT2D eigenvalue weighted by atomic mass is 19.4. The van der Waals surface area contributed by atoms with E-state index in [9.17, 15) is 26.3 Å². The fraction of sp³-hybridized carbons (Fsp3) is 0.632. The van der Waals surface area contributed by atoms with Gasteiger partial charge in [-0.2, -0.15) is 26.3 Å². The summed E-state index contributed by atoms with van der Waals surface area (Å²) in [6.07, 6.45) is -3.72. The molecule has 14 heteroatoms. The van der Waals surface area contributed by atoms with Gasteiger partial charge in [-0.05, 0) is 37.1 Å². The van der Waals surface area contributed by atoms with Crippen LogP contribution < -0.4 is 0 Å². The molecule has 0 aromatic carbocycles. The molecule has 0 spiro atoms. The van der Waals surface area contributed by atoms with Gasteiger partial charge in [-0.1, -0.05) is 6.92 Å². The number of fused-ring (bicyclic) bond motifs is 2. The van der Waals surface area contributed by atoms with Crippen molar-refractivity contribution in [1.82, 2.24) is 9.88 Å². The summed E-state index contributed by atoms with van der Waals surface area (Å²) in [4.78, 5) is 24.3. The summed E-state index contributed by atoms with van der Waals surface area (Å²) < 4.78 is 75.6. The van der Waals surface area contributed by atoms with Gasteiger partial charge in [-0.15, -0.1) is 0 Å². The van der Waals surface area contributed by atoms with Crippen molar-refractivity contribution in [2.45, 2.75) is 57.0 Å². The highest BCUT2D eigenvalue weighted by Crippen LogP contribution is 2.32. The maximum Gasteiger partial charge on any atom is 0.490 e. The zero-order valence-corrected chi connectivity index (χ0v) is 17.5. The number of hydrogen-bond acceptors (Lipinski definition) is 6. The lowest BCUT2D eigenvalue weighted by molar-refractivity contribution is -0.193. The van der Waals surface area contributed by atoms with Crippen LogP contribution in [0.3, 0.4) is 0 Å². The van der Waals surface area contributed by atoms with Crippen LogP contribution in [0.15, 0.2) is 24.5 Å². The summed E-state index contributed by atoms with van der Waals surface area (Å²) in [6.45, 7) is 5.83. The second-order valence-corrected chi connectivity index (χ2v) is 6.92. The molecule has 1 saturated heterocycles. The van der Waals surface area contributed by atoms with Crippen LogP contribution >= 0.6 is 0 Å². The van der Waals surface area contributed by atoms with Crippen LogP contribution in [0.5, 0.6) is 0 Å². The van der Waals surface area contributed by atoms with Crippen molar-refractivity contribution in [3.8, 4) is 0 Å². The Kier molecular flexibility index (Phi) is 11.0. The van der Waals surface area contributed by atoms with E-state index in [0.717, 1.165) is 26.1 Å². The van der Waals surface area contributed by atoms with E-state index in [1.54, 1.807) is 0 Å². The SMILES string of the molecule is CCN1CCOC2CCC1C2OCc1ccncc1.O=C(O)C(F)(F)F.O=C(O)C(F)(F)F. The number of carboxylic acids is 2. The lowest BCUT2D eigenvalue weighted by atomic mass is 10.1. The van der Waals surface area contributed by atoms with E-state index in [0.29, 0.717) is 12.6 Å². The van der Waals surface area contributed by atoms with Crippen LogP contribution in [0.25, 0.3) is 0 Å². The molecule has 8 nitrogen and oxygen atoms in total. The van der Waals surface area contributed by atoms with Gasteiger partial charge in [0.1, 0.15) is 0 Å². The van der Waals surface area contributed by atoms with E-state index in [4.69, 9.17) is 29.3 Å². The third-order valence-electron chi connectivity index (χ3n) is 4.76. The van der Waals surface area contributed by atoms with Gasteiger partial charge >= 0.3 is 24.3 Å². The quantitative estimate of drug-likeness (QED) is 0.620. The molecule has 1 aromatic heterocycles. The van der Waals surface area contributed by atoms with Gasteiger partial charge in [0.2, 0.25) is 0 Å². The molecule has 1 aliphatic heterocycles. The second-order valence-electron chi connectivity index (χ2n) is 6.92. The molecule has 3 atom stereocenters. The average molecular weight is 490 g/mol. The van der Waals surface area contributed by atoms with Gasteiger partial charge in [-0.3, -0.25) is 9.88 Å². The molecule has 33 heavy (non-hydrogen) atoms. The molecule has 1 aromatic rings. The number of rotatable bonds is 4. The molecule has 1 saturated carbocycles. The molecule has 2 aliphatic rings. The first-order valence-electron chi connectivity index (χ1n) is 9.73. The number of likely N-dealkylation sites (N-methyl/N-ethyl adjacent to an activating group) is 1. The standard InChI is InChI=1S/C15H22N2O2.2C2HF3O2/c1-2-17-9-10-18-14-4-3-13(17)15(14)19-11-12-5-7-16-8-6-12;2*3-2(4,5)1(6)7/h5-8,13-15H,2-4,9-11H2,1H3;2*(H,6,7). The lowest BCUT2D eigenvalue weighted by Gasteiger charge is -2.30. The largest absolute Gasteiger partial charge is 0.490 e. The Morgan fingerprint density at radius 2 is 1.61 bits per heavy atom. The van der Waals surface area contributed by atoms with Crippen LogP contribution in [0.4, 0.5) is 26.3 Å². The number of pyridine rings is 1. The van der Waals surface area contributed by atoms with Crippen molar-refractivity contribution in [3.05, 3.63) is 30.1 Å². The van der Waals surface area contributed by atoms with Gasteiger partial charge < -0.3 is 19.7 Å². The highest BCUT2D eigenvalue weighted by Gasteiger charge is 2.42. The van der Waals surface area contributed by atoms with E-state index >= 15 is 0 Å². The molecule has 188 valence electrons. The number of aromatic nitrogens is 1. The smallest absolute Gasteiger partial charge is 0.475 e. The Hall–Kier alpha value is -2.45. The Balaban J connectivity index is 0.000000324. The summed E-state index contributed by atoms with van der Waals surface area (Å²) in [5.41, 5.74) is 1.18. The van der Waals surface area contributed by atoms with Gasteiger partial charge in [0.15, 0.2) is 0 Å². The van der Waals surface area contributed by atoms with E-state index in [1.807, 2.05) is 24.5 Å². The zero-order valence-electron chi connectivity index (χ0n) is 17.5. The average Bonchev–Trinajstić information content (AvgIpc) is 3.02. The molecule has 2 N–H and O–H groups in total. The zero-order chi connectivity index (χ0) is 25.2. The summed E-state index contributed by atoms with van der Waals surface area (Å²) in [7, 11) is 0. The number of carboxylic acid groups (broad SMARTS) is 2. The molecule has 3 rings (SSSR count). The first kappa shape index (κ1) is 28.6. The van der Waals surface area contributed by atoms with E-state index in [1.165, 1.54) is 12.0 Å². The van der Waals surface area contributed by atoms with Crippen molar-refractivity contribution in [3.63, 3.8) is 0 Å². The molecule has 0 amide bonds. The molecule has 0 radical (unpaired) electrons. The summed E-state index contributed by atoms with van der Waals surface area (Å²) >= 11 is 0. The Bertz CT molecular complexity index is 723. The lowest BCUT2D eigenvalue weighted by Crippen LogP contribution is -2.43. The van der Waals surface area contributed by atoms with Gasteiger partial charge in [-0.25, -0.2) is 9.59 Å². The first-order valence-corrected chi connectivity index (χ1v) is 9.73. The Morgan fingerprint density at radius 3 is 2.06 bits per heavy atom. The maximum atomic E-state index is 10.6. The van der Waals surface area contributed by atoms with Gasteiger partial charge in [0.05, 0.1) is 25.4 Å². The molecule has 2 heterocycles. The fourth-order valence-corrected chi connectivity index (χ4v) is 3.25. The number of carbonyl (C=O) groups is 2. The maximum absolute atomic E-state index is 10.6. The first-order chi connectivity index (χ1) is 15.3. The predicted molar refractivity (Wildman–Crippen MR) is 100 cm³/mol. The van der Waals surface area contributed by atoms with E-state index < -0.39 is 24.3 Å². The number of aliphatic carboxylic acids is 2. The van der Waals surface area contributed by atoms with Crippen molar-refractivity contribution in [1.29, 1.82) is 0 Å². The number of hydrogen-bond donors (Lipinski definition) is 2. The van der Waals surface area contributed by atoms with Crippen molar-refractivity contribution in [2.75, 3.05) is 19.7 Å². The van der Waals surface area contributed by atoms with E-state index in [2.05, 4.69) is 16.8 Å². The number of alkyl halides is 6. The highest BCUT2D eigenvalue weighted by molar-refractivity contribution is 5.73. The van der Waals surface area contributed by atoms with Gasteiger partial charge in [0.25, 0.3) is 0 Å². The van der Waals surface area contributed by atoms with Crippen molar-refractivity contribution < 1.29 is 55.6 Å². The van der Waals surface area contributed by atoms with Crippen LogP contribution in [0.2, 0.25) is 0 Å². The second kappa shape index (κ2) is 12.7. The normalized spacial score (nSPS) is 22.8. The van der Waals surface area contributed by atoms with Crippen LogP contribution in [-0.2, 0) is 25.7 Å². The number of nitrogens with zero attached hydrogens (tertiary/aromatic N) is 2. The minimum absolute atomic E-state index is 0.218. The summed E-state index contributed by atoms with van der Waals surface area (Å²) in [6, 6.07) is 4.55. The molecule has 2 fully saturated rings. The summed E-state index contributed by atoms with van der Waals surface area (Å²) in [5.74, 6) is -5.51. The minimum atomic E-state index is -5.08. The van der Waals surface area contributed by atoms with Crippen molar-refractivity contribution >= 4 is 11.9 Å². The molecule has 2 bridgehead atoms. The molecule has 1 aliphatic carbocycles. The molecular formula is C19H24F6N2O6. The third-order valence-corrected chi connectivity index (χ3v) is 4.76. The minimum Gasteiger partial charge on any atom is -0.475 e. The topological polar surface area (TPSA) is 109 Å². The Labute approximate surface area is 185 Å². The van der Waals surface area contributed by atoms with Gasteiger partial charge in [0, 0.05) is 25.0 Å². The van der Waals surface area contributed by atoms with Crippen molar-refractivity contribution in [2.24, 2.45) is 0 Å².